The highest BCUT2D eigenvalue weighted by Crippen LogP contribution is 2.19. The zero-order valence-corrected chi connectivity index (χ0v) is 31.0. The molecule has 8 heteroatoms. The van der Waals surface area contributed by atoms with Crippen LogP contribution in [0.4, 0.5) is 0 Å². The van der Waals surface area contributed by atoms with Gasteiger partial charge in [0.05, 0.1) is 31.0 Å². The second kappa shape index (κ2) is 30.8. The van der Waals surface area contributed by atoms with E-state index in [2.05, 4.69) is 12.2 Å². The van der Waals surface area contributed by atoms with E-state index in [1.165, 1.54) is 134 Å². The number of nitrogens with one attached hydrogen (secondary N) is 1. The van der Waals surface area contributed by atoms with Crippen LogP contribution in [0.3, 0.4) is 0 Å². The first-order chi connectivity index (χ1) is 23.3. The summed E-state index contributed by atoms with van der Waals surface area (Å²) < 4.78 is 5.82. The third-order valence-corrected chi connectivity index (χ3v) is 10.1. The molecule has 8 nitrogen and oxygen atoms in total. The van der Waals surface area contributed by atoms with Crippen molar-refractivity contribution >= 4 is 5.91 Å². The third kappa shape index (κ3) is 23.4. The van der Waals surface area contributed by atoms with Gasteiger partial charge in [-0.25, -0.2) is 0 Å². The number of aliphatic hydroxyl groups excluding tert-OH is 5. The fourth-order valence-electron chi connectivity index (χ4n) is 6.63. The molecule has 0 radical (unpaired) electrons. The minimum Gasteiger partial charge on any atom is -0.393 e. The molecule has 0 fully saturated rings. The SMILES string of the molecule is CCCCCCCCCCCCCCCCCCCCCCCCCC(=O)NC(COC1CC=CC(O)C(O)C1O)C(O)CC(O)CC. The molecular formula is C40H77NO7. The van der Waals surface area contributed by atoms with Crippen LogP contribution in [0, 0.1) is 0 Å². The summed E-state index contributed by atoms with van der Waals surface area (Å²) in [6.45, 7) is 4.02. The Bertz CT molecular complexity index is 766. The van der Waals surface area contributed by atoms with Gasteiger partial charge >= 0.3 is 0 Å². The Hall–Kier alpha value is -1.03. The van der Waals surface area contributed by atoms with E-state index in [1.807, 2.05) is 6.92 Å². The van der Waals surface area contributed by atoms with Crippen LogP contribution in [0.15, 0.2) is 12.2 Å². The molecule has 1 rings (SSSR count). The average molecular weight is 684 g/mol. The fraction of sp³-hybridized carbons (Fsp3) is 0.925. The van der Waals surface area contributed by atoms with E-state index in [0.717, 1.165) is 19.3 Å². The topological polar surface area (TPSA) is 139 Å². The summed E-state index contributed by atoms with van der Waals surface area (Å²) in [5.74, 6) is -0.172. The van der Waals surface area contributed by atoms with Crippen molar-refractivity contribution in [3.05, 3.63) is 12.2 Å². The molecule has 0 aromatic rings. The molecule has 7 atom stereocenters. The summed E-state index contributed by atoms with van der Waals surface area (Å²) in [6, 6.07) is -0.760. The van der Waals surface area contributed by atoms with Crippen LogP contribution in [-0.4, -0.2) is 80.7 Å². The van der Waals surface area contributed by atoms with E-state index < -0.39 is 42.7 Å². The van der Waals surface area contributed by atoms with E-state index >= 15 is 0 Å². The zero-order valence-electron chi connectivity index (χ0n) is 31.0. The van der Waals surface area contributed by atoms with Crippen LogP contribution < -0.4 is 5.32 Å². The molecule has 0 bridgehead atoms. The number of carbonyl (C=O) groups is 1. The first kappa shape index (κ1) is 45.0. The second-order valence-corrected chi connectivity index (χ2v) is 14.6. The predicted molar refractivity (Wildman–Crippen MR) is 197 cm³/mol. The van der Waals surface area contributed by atoms with Crippen molar-refractivity contribution < 1.29 is 35.1 Å². The normalized spacial score (nSPS) is 21.6. The van der Waals surface area contributed by atoms with Crippen molar-refractivity contribution in [1.29, 1.82) is 0 Å². The lowest BCUT2D eigenvalue weighted by Crippen LogP contribution is -2.50. The molecule has 1 amide bonds. The maximum Gasteiger partial charge on any atom is 0.220 e. The Balaban J connectivity index is 2.06. The third-order valence-electron chi connectivity index (χ3n) is 10.1. The van der Waals surface area contributed by atoms with E-state index in [4.69, 9.17) is 4.74 Å². The van der Waals surface area contributed by atoms with Gasteiger partial charge in [-0.3, -0.25) is 4.79 Å². The Morgan fingerprint density at radius 1 is 0.688 bits per heavy atom. The maximum absolute atomic E-state index is 12.7. The van der Waals surface area contributed by atoms with E-state index in [9.17, 15) is 30.3 Å². The van der Waals surface area contributed by atoms with Crippen molar-refractivity contribution in [3.63, 3.8) is 0 Å². The molecular weight excluding hydrogens is 606 g/mol. The number of ether oxygens (including phenoxy) is 1. The Kier molecular flexibility index (Phi) is 28.8. The molecule has 0 saturated carbocycles. The van der Waals surface area contributed by atoms with Crippen LogP contribution in [-0.2, 0) is 9.53 Å². The molecule has 1 aliphatic carbocycles. The van der Waals surface area contributed by atoms with E-state index in [1.54, 1.807) is 6.08 Å². The van der Waals surface area contributed by atoms with Gasteiger partial charge in [0.25, 0.3) is 0 Å². The summed E-state index contributed by atoms with van der Waals surface area (Å²) in [5.41, 5.74) is 0. The molecule has 0 heterocycles. The molecule has 7 unspecified atom stereocenters. The molecule has 0 saturated heterocycles. The van der Waals surface area contributed by atoms with Gasteiger partial charge < -0.3 is 35.6 Å². The lowest BCUT2D eigenvalue weighted by atomic mass is 10.0. The quantitative estimate of drug-likeness (QED) is 0.0314. The van der Waals surface area contributed by atoms with Crippen molar-refractivity contribution in [3.8, 4) is 0 Å². The van der Waals surface area contributed by atoms with Crippen LogP contribution in [0.1, 0.15) is 187 Å². The predicted octanol–water partition coefficient (Wildman–Crippen LogP) is 7.80. The molecule has 0 aromatic carbocycles. The van der Waals surface area contributed by atoms with Crippen LogP contribution in [0.2, 0.25) is 0 Å². The van der Waals surface area contributed by atoms with Crippen LogP contribution in [0.5, 0.6) is 0 Å². The summed E-state index contributed by atoms with van der Waals surface area (Å²) in [7, 11) is 0. The van der Waals surface area contributed by atoms with E-state index in [0.29, 0.717) is 12.8 Å². The van der Waals surface area contributed by atoms with Crippen molar-refractivity contribution in [2.75, 3.05) is 6.61 Å². The van der Waals surface area contributed by atoms with Gasteiger partial charge in [-0.15, -0.1) is 0 Å². The molecule has 48 heavy (non-hydrogen) atoms. The average Bonchev–Trinajstić information content (AvgIpc) is 3.19. The van der Waals surface area contributed by atoms with Crippen molar-refractivity contribution in [2.45, 2.75) is 230 Å². The Labute approximate surface area is 294 Å². The molecule has 0 spiro atoms. The molecule has 284 valence electrons. The zero-order chi connectivity index (χ0) is 35.2. The van der Waals surface area contributed by atoms with Gasteiger partial charge in [-0.2, -0.15) is 0 Å². The monoisotopic (exact) mass is 684 g/mol. The Morgan fingerprint density at radius 3 is 1.56 bits per heavy atom. The van der Waals surface area contributed by atoms with Gasteiger partial charge in [0, 0.05) is 12.8 Å². The molecule has 6 N–H and O–H groups in total. The number of hydrogen-bond donors (Lipinski definition) is 6. The summed E-state index contributed by atoms with van der Waals surface area (Å²) in [5, 5.41) is 54.0. The van der Waals surface area contributed by atoms with Gasteiger partial charge in [-0.1, -0.05) is 167 Å². The van der Waals surface area contributed by atoms with Gasteiger partial charge in [-0.05, 0) is 19.3 Å². The summed E-state index contributed by atoms with van der Waals surface area (Å²) in [6.07, 6.45) is 28.4. The number of hydrogen-bond acceptors (Lipinski definition) is 7. The second-order valence-electron chi connectivity index (χ2n) is 14.6. The number of unbranched alkanes of at least 4 members (excludes halogenated alkanes) is 22. The fourth-order valence-corrected chi connectivity index (χ4v) is 6.63. The van der Waals surface area contributed by atoms with Crippen molar-refractivity contribution in [1.82, 2.24) is 5.32 Å². The first-order valence-corrected chi connectivity index (χ1v) is 20.3. The summed E-state index contributed by atoms with van der Waals surface area (Å²) >= 11 is 0. The lowest BCUT2D eigenvalue weighted by Gasteiger charge is -2.30. The van der Waals surface area contributed by atoms with Gasteiger partial charge in [0.1, 0.15) is 18.3 Å². The molecule has 0 aromatic heterocycles. The van der Waals surface area contributed by atoms with Crippen molar-refractivity contribution in [2.24, 2.45) is 0 Å². The van der Waals surface area contributed by atoms with E-state index in [-0.39, 0.29) is 25.4 Å². The van der Waals surface area contributed by atoms with Crippen LogP contribution in [0.25, 0.3) is 0 Å². The first-order valence-electron chi connectivity index (χ1n) is 20.3. The molecule has 0 aliphatic heterocycles. The largest absolute Gasteiger partial charge is 0.393 e. The van der Waals surface area contributed by atoms with Gasteiger partial charge in [0.15, 0.2) is 0 Å². The minimum absolute atomic E-state index is 0.0822. The standard InChI is InChI=1S/C40H77NO7/c1-3-5-6-7-8-9-10-11-12-13-14-15-16-17-18-19-20-21-22-23-24-25-26-30-38(45)41-34(36(44)31-33(42)4-2)32-48-37-29-27-28-35(43)39(46)40(37)47/h27-28,33-37,39-40,42-44,46-47H,3-26,29-32H2,1-2H3,(H,41,45). The summed E-state index contributed by atoms with van der Waals surface area (Å²) in [4.78, 5) is 12.7. The number of amides is 1. The highest BCUT2D eigenvalue weighted by molar-refractivity contribution is 5.76. The number of aliphatic hydroxyl groups is 5. The van der Waals surface area contributed by atoms with Crippen LogP contribution >= 0.6 is 0 Å². The minimum atomic E-state index is -1.38. The highest BCUT2D eigenvalue weighted by atomic mass is 16.5. The molecule has 1 aliphatic rings. The lowest BCUT2D eigenvalue weighted by molar-refractivity contribution is -0.129. The highest BCUT2D eigenvalue weighted by Gasteiger charge is 2.34. The Morgan fingerprint density at radius 2 is 1.12 bits per heavy atom. The maximum atomic E-state index is 12.7. The smallest absolute Gasteiger partial charge is 0.220 e. The van der Waals surface area contributed by atoms with Gasteiger partial charge in [0.2, 0.25) is 5.91 Å². The number of carbonyl (C=O) groups excluding carboxylic acids is 1. The number of rotatable bonds is 32.